The molecule has 7 heteroatoms. The lowest BCUT2D eigenvalue weighted by Gasteiger charge is -2.35. The average molecular weight is 334 g/mol. The predicted molar refractivity (Wildman–Crippen MR) is 76.1 cm³/mol. The van der Waals surface area contributed by atoms with Crippen molar-refractivity contribution in [3.63, 3.8) is 0 Å². The molecule has 0 bridgehead atoms. The van der Waals surface area contributed by atoms with Crippen LogP contribution in [-0.2, 0) is 14.3 Å². The Hall–Kier alpha value is -0.880. The Labute approximate surface area is 131 Å². The van der Waals surface area contributed by atoms with E-state index in [1.54, 1.807) is 0 Å². The summed E-state index contributed by atoms with van der Waals surface area (Å²) in [6.45, 7) is 2.02. The van der Waals surface area contributed by atoms with Crippen LogP contribution in [0, 0.1) is 5.82 Å². The first-order valence-corrected chi connectivity index (χ1v) is 7.48. The minimum absolute atomic E-state index is 0.0178. The highest BCUT2D eigenvalue weighted by molar-refractivity contribution is 6.35. The van der Waals surface area contributed by atoms with Crippen LogP contribution in [0.5, 0.6) is 0 Å². The highest BCUT2D eigenvalue weighted by atomic mass is 35.5. The number of nitrogens with zero attached hydrogens (tertiary/aromatic N) is 1. The summed E-state index contributed by atoms with van der Waals surface area (Å²) in [5.41, 5.74) is 0.551. The normalized spacial score (nSPS) is 26.9. The maximum Gasteiger partial charge on any atom is 0.323 e. The Balaban J connectivity index is 1.80. The van der Waals surface area contributed by atoms with E-state index in [-0.39, 0.29) is 23.1 Å². The number of carbonyl (C=O) groups excluding carboxylic acids is 1. The fourth-order valence-corrected chi connectivity index (χ4v) is 3.25. The van der Waals surface area contributed by atoms with Crippen LogP contribution < -0.4 is 0 Å². The third-order valence-electron chi connectivity index (χ3n) is 3.83. The van der Waals surface area contributed by atoms with Gasteiger partial charge in [0, 0.05) is 30.1 Å². The largest absolute Gasteiger partial charge is 0.464 e. The Morgan fingerprint density at radius 3 is 2.76 bits per heavy atom. The zero-order chi connectivity index (χ0) is 15.0. The van der Waals surface area contributed by atoms with Gasteiger partial charge in [-0.25, -0.2) is 4.39 Å². The molecule has 0 radical (unpaired) electrons. The molecule has 0 spiro atoms. The number of hydrogen-bond donors (Lipinski definition) is 0. The fraction of sp³-hybridized carbons (Fsp3) is 0.500. The zero-order valence-corrected chi connectivity index (χ0v) is 12.7. The van der Waals surface area contributed by atoms with Gasteiger partial charge in [-0.05, 0) is 12.1 Å². The first kappa shape index (κ1) is 15.0. The van der Waals surface area contributed by atoms with Gasteiger partial charge >= 0.3 is 5.97 Å². The third kappa shape index (κ3) is 3.01. The molecule has 2 atom stereocenters. The molecule has 2 aliphatic heterocycles. The monoisotopic (exact) mass is 333 g/mol. The smallest absolute Gasteiger partial charge is 0.323 e. The molecule has 2 unspecified atom stereocenters. The van der Waals surface area contributed by atoms with E-state index in [1.807, 2.05) is 4.90 Å². The third-order valence-corrected chi connectivity index (χ3v) is 4.45. The van der Waals surface area contributed by atoms with Crippen LogP contribution in [0.25, 0.3) is 0 Å². The lowest BCUT2D eigenvalue weighted by Crippen LogP contribution is -2.46. The van der Waals surface area contributed by atoms with Gasteiger partial charge in [-0.2, -0.15) is 0 Å². The Morgan fingerprint density at radius 1 is 1.24 bits per heavy atom. The number of hydrogen-bond acceptors (Lipinski definition) is 4. The molecule has 2 aliphatic rings. The lowest BCUT2D eigenvalue weighted by molar-refractivity contribution is -0.144. The summed E-state index contributed by atoms with van der Waals surface area (Å²) < 4.78 is 24.3. The van der Waals surface area contributed by atoms with Crippen molar-refractivity contribution in [1.29, 1.82) is 0 Å². The molecule has 4 nitrogen and oxygen atoms in total. The molecule has 3 rings (SSSR count). The standard InChI is InChI=1S/C14H14Cl2FNO3/c15-9-6-10(16)11(17)5-8(9)13-7-18(2-4-20-13)12-1-3-21-14(12)19/h5-6,12-13H,1-4,7H2. The van der Waals surface area contributed by atoms with Gasteiger partial charge in [0.25, 0.3) is 0 Å². The van der Waals surface area contributed by atoms with Crippen LogP contribution >= 0.6 is 23.2 Å². The van der Waals surface area contributed by atoms with Crippen LogP contribution in [0.3, 0.4) is 0 Å². The molecule has 2 saturated heterocycles. The van der Waals surface area contributed by atoms with E-state index >= 15 is 0 Å². The van der Waals surface area contributed by atoms with Gasteiger partial charge in [0.05, 0.1) is 24.3 Å². The summed E-state index contributed by atoms with van der Waals surface area (Å²) in [7, 11) is 0. The van der Waals surface area contributed by atoms with E-state index in [2.05, 4.69) is 0 Å². The van der Waals surface area contributed by atoms with E-state index in [0.717, 1.165) is 0 Å². The zero-order valence-electron chi connectivity index (χ0n) is 11.2. The second-order valence-electron chi connectivity index (χ2n) is 5.11. The van der Waals surface area contributed by atoms with Crippen molar-refractivity contribution < 1.29 is 18.7 Å². The van der Waals surface area contributed by atoms with Crippen molar-refractivity contribution in [1.82, 2.24) is 4.90 Å². The van der Waals surface area contributed by atoms with Gasteiger partial charge in [0.15, 0.2) is 0 Å². The van der Waals surface area contributed by atoms with Gasteiger partial charge < -0.3 is 9.47 Å². The Bertz CT molecular complexity index is 569. The highest BCUT2D eigenvalue weighted by Crippen LogP contribution is 2.33. The molecule has 0 amide bonds. The number of morpholine rings is 1. The van der Waals surface area contributed by atoms with Crippen molar-refractivity contribution in [3.8, 4) is 0 Å². The summed E-state index contributed by atoms with van der Waals surface area (Å²) in [5, 5.41) is 0.345. The molecule has 2 fully saturated rings. The van der Waals surface area contributed by atoms with E-state index in [1.165, 1.54) is 12.1 Å². The number of rotatable bonds is 2. The van der Waals surface area contributed by atoms with Crippen LogP contribution in [0.2, 0.25) is 10.0 Å². The second-order valence-corrected chi connectivity index (χ2v) is 5.93. The van der Waals surface area contributed by atoms with E-state index < -0.39 is 5.82 Å². The number of ether oxygens (including phenoxy) is 2. The maximum absolute atomic E-state index is 13.6. The van der Waals surface area contributed by atoms with Gasteiger partial charge in [-0.15, -0.1) is 0 Å². The second kappa shape index (κ2) is 6.08. The van der Waals surface area contributed by atoms with Crippen molar-refractivity contribution in [2.24, 2.45) is 0 Å². The summed E-state index contributed by atoms with van der Waals surface area (Å²) >= 11 is 11.8. The van der Waals surface area contributed by atoms with Crippen LogP contribution in [-0.4, -0.2) is 43.2 Å². The maximum atomic E-state index is 13.6. The van der Waals surface area contributed by atoms with Gasteiger partial charge in [-0.1, -0.05) is 23.2 Å². The van der Waals surface area contributed by atoms with Gasteiger partial charge in [-0.3, -0.25) is 9.69 Å². The molecular formula is C14H14Cl2FNO3. The number of cyclic esters (lactones) is 1. The summed E-state index contributed by atoms with van der Waals surface area (Å²) in [6.07, 6.45) is 0.292. The molecule has 0 saturated carbocycles. The summed E-state index contributed by atoms with van der Waals surface area (Å²) in [5.74, 6) is -0.735. The molecule has 1 aromatic rings. The van der Waals surface area contributed by atoms with Gasteiger partial charge in [0.1, 0.15) is 11.9 Å². The molecule has 1 aromatic carbocycles. The van der Waals surface area contributed by atoms with Crippen molar-refractivity contribution in [2.45, 2.75) is 18.6 Å². The quantitative estimate of drug-likeness (QED) is 0.616. The van der Waals surface area contributed by atoms with E-state index in [0.29, 0.717) is 43.3 Å². The average Bonchev–Trinajstić information content (AvgIpc) is 2.89. The Morgan fingerprint density at radius 2 is 2.05 bits per heavy atom. The summed E-state index contributed by atoms with van der Waals surface area (Å²) in [6, 6.07) is 2.43. The molecule has 114 valence electrons. The SMILES string of the molecule is O=C1OCCC1N1CCOC(c2cc(F)c(Cl)cc2Cl)C1. The van der Waals surface area contributed by atoms with E-state index in [4.69, 9.17) is 32.7 Å². The van der Waals surface area contributed by atoms with Crippen molar-refractivity contribution in [2.75, 3.05) is 26.3 Å². The number of benzene rings is 1. The molecular weight excluding hydrogens is 320 g/mol. The van der Waals surface area contributed by atoms with Crippen LogP contribution in [0.15, 0.2) is 12.1 Å². The van der Waals surface area contributed by atoms with Crippen LogP contribution in [0.4, 0.5) is 4.39 Å². The minimum atomic E-state index is -0.530. The first-order chi connectivity index (χ1) is 10.1. The molecule has 2 heterocycles. The fourth-order valence-electron chi connectivity index (χ4n) is 2.74. The van der Waals surface area contributed by atoms with Gasteiger partial charge in [0.2, 0.25) is 0 Å². The molecule has 0 aromatic heterocycles. The molecule has 21 heavy (non-hydrogen) atoms. The highest BCUT2D eigenvalue weighted by Gasteiger charge is 2.36. The number of halogens is 3. The number of carbonyl (C=O) groups is 1. The summed E-state index contributed by atoms with van der Waals surface area (Å²) in [4.78, 5) is 13.7. The predicted octanol–water partition coefficient (Wildman–Crippen LogP) is 2.82. The molecule has 0 N–H and O–H groups in total. The van der Waals surface area contributed by atoms with Crippen molar-refractivity contribution >= 4 is 29.2 Å². The van der Waals surface area contributed by atoms with Crippen LogP contribution in [0.1, 0.15) is 18.1 Å². The molecule has 0 aliphatic carbocycles. The number of esters is 1. The topological polar surface area (TPSA) is 38.8 Å². The van der Waals surface area contributed by atoms with Crippen molar-refractivity contribution in [3.05, 3.63) is 33.6 Å². The lowest BCUT2D eigenvalue weighted by atomic mass is 10.1. The van der Waals surface area contributed by atoms with E-state index in [9.17, 15) is 9.18 Å². The Kier molecular flexibility index (Phi) is 4.36. The first-order valence-electron chi connectivity index (χ1n) is 6.73. The minimum Gasteiger partial charge on any atom is -0.464 e.